The van der Waals surface area contributed by atoms with Gasteiger partial charge in [-0.3, -0.25) is 0 Å². The summed E-state index contributed by atoms with van der Waals surface area (Å²) in [5.74, 6) is 1.40. The molecule has 1 aromatic rings. The second-order valence-corrected chi connectivity index (χ2v) is 3.17. The molecule has 0 aliphatic carbocycles. The van der Waals surface area contributed by atoms with E-state index in [1.54, 1.807) is 6.92 Å². The predicted molar refractivity (Wildman–Crippen MR) is 45.3 cm³/mol. The third kappa shape index (κ3) is 2.26. The average Bonchev–Trinajstić information content (AvgIpc) is 2.42. The number of nitrogens with zero attached hydrogens (tertiary/aromatic N) is 2. The van der Waals surface area contributed by atoms with Crippen LogP contribution in [0.15, 0.2) is 4.52 Å². The van der Waals surface area contributed by atoms with E-state index in [4.69, 9.17) is 9.26 Å². The number of hydrogen-bond donors (Lipinski definition) is 1. The van der Waals surface area contributed by atoms with Crippen molar-refractivity contribution in [2.24, 2.45) is 0 Å². The van der Waals surface area contributed by atoms with Crippen LogP contribution < -0.4 is 5.32 Å². The molecule has 0 radical (unpaired) electrons. The molecule has 5 nitrogen and oxygen atoms in total. The molecule has 0 amide bonds. The zero-order valence-electron chi connectivity index (χ0n) is 7.62. The fourth-order valence-electron chi connectivity index (χ4n) is 1.18. The van der Waals surface area contributed by atoms with Crippen molar-refractivity contribution in [1.82, 2.24) is 15.5 Å². The van der Waals surface area contributed by atoms with Crippen LogP contribution in [0, 0.1) is 6.92 Å². The first-order valence-corrected chi connectivity index (χ1v) is 4.45. The zero-order chi connectivity index (χ0) is 9.10. The quantitative estimate of drug-likeness (QED) is 0.706. The fraction of sp³-hybridized carbons (Fsp3) is 0.750. The molecule has 2 heterocycles. The van der Waals surface area contributed by atoms with Crippen molar-refractivity contribution in [3.63, 3.8) is 0 Å². The Morgan fingerprint density at radius 1 is 1.54 bits per heavy atom. The van der Waals surface area contributed by atoms with E-state index in [0.29, 0.717) is 11.9 Å². The normalized spacial score (nSPS) is 17.3. The van der Waals surface area contributed by atoms with E-state index < -0.39 is 0 Å². The van der Waals surface area contributed by atoms with Gasteiger partial charge < -0.3 is 14.6 Å². The van der Waals surface area contributed by atoms with Crippen LogP contribution in [0.5, 0.6) is 0 Å². The number of rotatable bonds is 4. The summed E-state index contributed by atoms with van der Waals surface area (Å²) in [4.78, 5) is 4.10. The third-order valence-electron chi connectivity index (χ3n) is 1.99. The van der Waals surface area contributed by atoms with Gasteiger partial charge in [-0.05, 0) is 0 Å². The van der Waals surface area contributed by atoms with Crippen LogP contribution in [0.3, 0.4) is 0 Å². The second-order valence-electron chi connectivity index (χ2n) is 3.17. The number of aryl methyl sites for hydroxylation is 1. The molecule has 1 aromatic heterocycles. The second kappa shape index (κ2) is 3.85. The Balaban J connectivity index is 1.67. The Hall–Kier alpha value is -0.940. The molecular formula is C8H13N3O2. The van der Waals surface area contributed by atoms with Crippen LogP contribution >= 0.6 is 0 Å². The molecule has 0 saturated carbocycles. The van der Waals surface area contributed by atoms with Crippen molar-refractivity contribution in [2.75, 3.05) is 19.8 Å². The Kier molecular flexibility index (Phi) is 2.56. The molecule has 72 valence electrons. The molecule has 0 atom stereocenters. The maximum absolute atomic E-state index is 5.03. The summed E-state index contributed by atoms with van der Waals surface area (Å²) in [6.07, 6.45) is 0.813. The van der Waals surface area contributed by atoms with Gasteiger partial charge in [0.2, 0.25) is 5.89 Å². The fourth-order valence-corrected chi connectivity index (χ4v) is 1.18. The lowest BCUT2D eigenvalue weighted by Crippen LogP contribution is -2.46. The van der Waals surface area contributed by atoms with E-state index in [2.05, 4.69) is 15.5 Å². The van der Waals surface area contributed by atoms with Crippen LogP contribution in [0.2, 0.25) is 0 Å². The van der Waals surface area contributed by atoms with Crippen LogP contribution in [0.4, 0.5) is 0 Å². The SMILES string of the molecule is Cc1nc(CCNC2COC2)no1. The molecule has 5 heteroatoms. The van der Waals surface area contributed by atoms with Crippen LogP contribution in [0.25, 0.3) is 0 Å². The third-order valence-corrected chi connectivity index (χ3v) is 1.99. The lowest BCUT2D eigenvalue weighted by atomic mass is 10.2. The Morgan fingerprint density at radius 3 is 2.92 bits per heavy atom. The zero-order valence-corrected chi connectivity index (χ0v) is 7.62. The van der Waals surface area contributed by atoms with Gasteiger partial charge in [-0.2, -0.15) is 4.98 Å². The Labute approximate surface area is 76.5 Å². The summed E-state index contributed by atoms with van der Waals surface area (Å²) >= 11 is 0. The van der Waals surface area contributed by atoms with Crippen LogP contribution in [0.1, 0.15) is 11.7 Å². The highest BCUT2D eigenvalue weighted by atomic mass is 16.5. The molecule has 13 heavy (non-hydrogen) atoms. The topological polar surface area (TPSA) is 60.2 Å². The lowest BCUT2D eigenvalue weighted by Gasteiger charge is -2.26. The van der Waals surface area contributed by atoms with E-state index in [0.717, 1.165) is 32.0 Å². The van der Waals surface area contributed by atoms with Gasteiger partial charge in [-0.1, -0.05) is 5.16 Å². The van der Waals surface area contributed by atoms with Gasteiger partial charge in [0.05, 0.1) is 19.3 Å². The maximum atomic E-state index is 5.03. The standard InChI is InChI=1S/C8H13N3O2/c1-6-10-8(11-13-6)2-3-9-7-4-12-5-7/h7,9H,2-5H2,1H3. The first-order valence-electron chi connectivity index (χ1n) is 4.45. The van der Waals surface area contributed by atoms with E-state index in [9.17, 15) is 0 Å². The summed E-state index contributed by atoms with van der Waals surface area (Å²) in [6, 6.07) is 0.521. The highest BCUT2D eigenvalue weighted by molar-refractivity contribution is 4.85. The molecule has 0 bridgehead atoms. The Morgan fingerprint density at radius 2 is 2.38 bits per heavy atom. The first-order chi connectivity index (χ1) is 6.34. The number of aromatic nitrogens is 2. The summed E-state index contributed by atoms with van der Waals surface area (Å²) < 4.78 is 9.88. The monoisotopic (exact) mass is 183 g/mol. The van der Waals surface area contributed by atoms with Crippen LogP contribution in [-0.2, 0) is 11.2 Å². The largest absolute Gasteiger partial charge is 0.378 e. The number of nitrogens with one attached hydrogen (secondary N) is 1. The van der Waals surface area contributed by atoms with Gasteiger partial charge in [-0.15, -0.1) is 0 Å². The van der Waals surface area contributed by atoms with Crippen molar-refractivity contribution in [2.45, 2.75) is 19.4 Å². The highest BCUT2D eigenvalue weighted by Gasteiger charge is 2.16. The maximum Gasteiger partial charge on any atom is 0.223 e. The highest BCUT2D eigenvalue weighted by Crippen LogP contribution is 2.00. The summed E-state index contributed by atoms with van der Waals surface area (Å²) in [7, 11) is 0. The molecule has 1 aliphatic rings. The molecule has 0 unspecified atom stereocenters. The summed E-state index contributed by atoms with van der Waals surface area (Å²) in [5.41, 5.74) is 0. The number of ether oxygens (including phenoxy) is 1. The minimum Gasteiger partial charge on any atom is -0.378 e. The van der Waals surface area contributed by atoms with Crippen LogP contribution in [-0.4, -0.2) is 35.9 Å². The summed E-state index contributed by atoms with van der Waals surface area (Å²) in [5, 5.41) is 7.13. The molecule has 0 aromatic carbocycles. The molecular weight excluding hydrogens is 170 g/mol. The van der Waals surface area contributed by atoms with Gasteiger partial charge in [0.25, 0.3) is 0 Å². The van der Waals surface area contributed by atoms with Crippen molar-refractivity contribution in [3.8, 4) is 0 Å². The minimum absolute atomic E-state index is 0.521. The van der Waals surface area contributed by atoms with E-state index in [1.807, 2.05) is 0 Å². The van der Waals surface area contributed by atoms with Crippen molar-refractivity contribution in [1.29, 1.82) is 0 Å². The molecule has 1 aliphatic heterocycles. The van der Waals surface area contributed by atoms with E-state index >= 15 is 0 Å². The van der Waals surface area contributed by atoms with E-state index in [-0.39, 0.29) is 0 Å². The molecule has 1 fully saturated rings. The average molecular weight is 183 g/mol. The van der Waals surface area contributed by atoms with Gasteiger partial charge in [0.15, 0.2) is 5.82 Å². The molecule has 1 saturated heterocycles. The predicted octanol–water partition coefficient (Wildman–Crippen LogP) is -0.0911. The smallest absolute Gasteiger partial charge is 0.223 e. The number of hydrogen-bond acceptors (Lipinski definition) is 5. The molecule has 1 N–H and O–H groups in total. The van der Waals surface area contributed by atoms with Crippen molar-refractivity contribution < 1.29 is 9.26 Å². The lowest BCUT2D eigenvalue weighted by molar-refractivity contribution is -0.00473. The van der Waals surface area contributed by atoms with Crippen molar-refractivity contribution in [3.05, 3.63) is 11.7 Å². The first kappa shape index (κ1) is 8.65. The minimum atomic E-state index is 0.521. The Bertz CT molecular complexity index is 270. The molecule has 0 spiro atoms. The van der Waals surface area contributed by atoms with Crippen molar-refractivity contribution >= 4 is 0 Å². The summed E-state index contributed by atoms with van der Waals surface area (Å²) in [6.45, 7) is 4.33. The van der Waals surface area contributed by atoms with Gasteiger partial charge in [-0.25, -0.2) is 0 Å². The molecule has 2 rings (SSSR count). The van der Waals surface area contributed by atoms with Gasteiger partial charge in [0.1, 0.15) is 0 Å². The van der Waals surface area contributed by atoms with E-state index in [1.165, 1.54) is 0 Å². The van der Waals surface area contributed by atoms with Gasteiger partial charge in [0, 0.05) is 19.9 Å². The van der Waals surface area contributed by atoms with Gasteiger partial charge >= 0.3 is 0 Å².